The van der Waals surface area contributed by atoms with Crippen molar-refractivity contribution in [1.29, 1.82) is 0 Å². The van der Waals surface area contributed by atoms with Gasteiger partial charge in [-0.25, -0.2) is 0 Å². The minimum absolute atomic E-state index is 0.159. The summed E-state index contributed by atoms with van der Waals surface area (Å²) in [5.74, 6) is 1.72. The number of nitrogens with one attached hydrogen (secondary N) is 1. The highest BCUT2D eigenvalue weighted by atomic mass is 16.6. The molecule has 35 heavy (non-hydrogen) atoms. The highest BCUT2D eigenvalue weighted by Crippen LogP contribution is 2.32. The molecule has 0 bridgehead atoms. The fourth-order valence-electron chi connectivity index (χ4n) is 3.52. The van der Waals surface area contributed by atoms with Gasteiger partial charge in [-0.1, -0.05) is 30.3 Å². The fraction of sp³-hybridized carbons (Fsp3) is 0.214. The van der Waals surface area contributed by atoms with Crippen molar-refractivity contribution in [3.63, 3.8) is 0 Å². The number of allylic oxidation sites excluding steroid dienone is 1. The molecule has 1 amide bonds. The van der Waals surface area contributed by atoms with Gasteiger partial charge in [0, 0.05) is 11.3 Å². The Morgan fingerprint density at radius 2 is 1.74 bits per heavy atom. The van der Waals surface area contributed by atoms with Crippen molar-refractivity contribution in [3.8, 4) is 23.0 Å². The third kappa shape index (κ3) is 6.20. The molecule has 0 fully saturated rings. The summed E-state index contributed by atoms with van der Waals surface area (Å²) < 4.78 is 22.5. The molecule has 3 aromatic rings. The number of ketones is 1. The second kappa shape index (κ2) is 11.2. The number of para-hydroxylation sites is 1. The van der Waals surface area contributed by atoms with Crippen molar-refractivity contribution in [1.82, 2.24) is 0 Å². The number of carbonyl (C=O) groups is 2. The van der Waals surface area contributed by atoms with Gasteiger partial charge < -0.3 is 24.3 Å². The molecule has 4 rings (SSSR count). The maximum atomic E-state index is 12.6. The van der Waals surface area contributed by atoms with Crippen LogP contribution in [0.5, 0.6) is 23.0 Å². The molecule has 3 aromatic carbocycles. The molecule has 0 spiro atoms. The van der Waals surface area contributed by atoms with E-state index >= 15 is 0 Å². The van der Waals surface area contributed by atoms with Crippen LogP contribution in [0.3, 0.4) is 0 Å². The van der Waals surface area contributed by atoms with Gasteiger partial charge in [0.05, 0.1) is 6.61 Å². The third-order valence-electron chi connectivity index (χ3n) is 5.30. The molecule has 1 heterocycles. The molecular weight excluding hydrogens is 446 g/mol. The molecule has 180 valence electrons. The molecule has 0 aliphatic carbocycles. The lowest BCUT2D eigenvalue weighted by atomic mass is 10.1. The number of hydrogen-bond donors (Lipinski definition) is 1. The zero-order valence-corrected chi connectivity index (χ0v) is 19.7. The van der Waals surface area contributed by atoms with Gasteiger partial charge in [0.15, 0.2) is 35.4 Å². The number of aryl methyl sites for hydroxylation is 1. The van der Waals surface area contributed by atoms with Crippen LogP contribution in [0, 0.1) is 6.92 Å². The van der Waals surface area contributed by atoms with Crippen molar-refractivity contribution in [3.05, 3.63) is 83.4 Å². The summed E-state index contributed by atoms with van der Waals surface area (Å²) in [7, 11) is 0. The highest BCUT2D eigenvalue weighted by Gasteiger charge is 2.14. The lowest BCUT2D eigenvalue weighted by Gasteiger charge is -2.18. The summed E-state index contributed by atoms with van der Waals surface area (Å²) in [6.07, 6.45) is 3.20. The Morgan fingerprint density at radius 1 is 0.943 bits per heavy atom. The number of anilines is 1. The summed E-state index contributed by atoms with van der Waals surface area (Å²) in [6, 6.07) is 18.0. The van der Waals surface area contributed by atoms with Crippen LogP contribution in [0.2, 0.25) is 0 Å². The maximum absolute atomic E-state index is 12.6. The SMILES string of the molecule is CCOc1cc(/C=C/C(=O)c2ccc3c(c2)OCCO3)ccc1OCC(=O)Nc1ccccc1C. The molecule has 1 N–H and O–H groups in total. The van der Waals surface area contributed by atoms with E-state index in [2.05, 4.69) is 5.32 Å². The third-order valence-corrected chi connectivity index (χ3v) is 5.30. The average Bonchev–Trinajstić information content (AvgIpc) is 2.88. The molecule has 0 saturated heterocycles. The summed E-state index contributed by atoms with van der Waals surface area (Å²) in [5, 5.41) is 2.84. The van der Waals surface area contributed by atoms with Gasteiger partial charge in [0.2, 0.25) is 0 Å². The van der Waals surface area contributed by atoms with Crippen LogP contribution < -0.4 is 24.3 Å². The van der Waals surface area contributed by atoms with Gasteiger partial charge in [0.25, 0.3) is 5.91 Å². The first kappa shape index (κ1) is 23.9. The number of rotatable bonds is 9. The van der Waals surface area contributed by atoms with Gasteiger partial charge in [0.1, 0.15) is 13.2 Å². The van der Waals surface area contributed by atoms with E-state index in [0.29, 0.717) is 48.4 Å². The Hall–Kier alpha value is -4.26. The van der Waals surface area contributed by atoms with E-state index in [1.165, 1.54) is 6.08 Å². The van der Waals surface area contributed by atoms with Crippen LogP contribution in [0.15, 0.2) is 66.7 Å². The first-order valence-electron chi connectivity index (χ1n) is 11.4. The van der Waals surface area contributed by atoms with Gasteiger partial charge in [-0.15, -0.1) is 0 Å². The maximum Gasteiger partial charge on any atom is 0.262 e. The van der Waals surface area contributed by atoms with Crippen LogP contribution in [-0.2, 0) is 4.79 Å². The molecule has 0 aromatic heterocycles. The van der Waals surface area contributed by atoms with Crippen molar-refractivity contribution in [2.75, 3.05) is 31.7 Å². The number of carbonyl (C=O) groups excluding carboxylic acids is 2. The lowest BCUT2D eigenvalue weighted by Crippen LogP contribution is -2.20. The molecule has 7 heteroatoms. The number of ether oxygens (including phenoxy) is 4. The van der Waals surface area contributed by atoms with E-state index in [1.54, 1.807) is 42.5 Å². The van der Waals surface area contributed by atoms with Crippen LogP contribution >= 0.6 is 0 Å². The Labute approximate surface area is 204 Å². The minimum Gasteiger partial charge on any atom is -0.490 e. The largest absolute Gasteiger partial charge is 0.490 e. The monoisotopic (exact) mass is 473 g/mol. The zero-order valence-electron chi connectivity index (χ0n) is 19.7. The van der Waals surface area contributed by atoms with Crippen LogP contribution in [-0.4, -0.2) is 38.1 Å². The van der Waals surface area contributed by atoms with Crippen LogP contribution in [0.1, 0.15) is 28.4 Å². The van der Waals surface area contributed by atoms with Crippen molar-refractivity contribution in [2.24, 2.45) is 0 Å². The number of benzene rings is 3. The first-order valence-corrected chi connectivity index (χ1v) is 11.4. The number of hydrogen-bond acceptors (Lipinski definition) is 6. The normalized spacial score (nSPS) is 12.3. The van der Waals surface area contributed by atoms with Crippen LogP contribution in [0.25, 0.3) is 6.08 Å². The van der Waals surface area contributed by atoms with Gasteiger partial charge >= 0.3 is 0 Å². The standard InChI is InChI=1S/C28H27NO6/c1-3-32-26-16-20(8-11-23(30)21-10-13-24-27(17-21)34-15-14-33-24)9-12-25(26)35-18-28(31)29-22-7-5-4-6-19(22)2/h4-13,16-17H,3,14-15,18H2,1-2H3,(H,29,31)/b11-8+. The summed E-state index contributed by atoms with van der Waals surface area (Å²) in [5.41, 5.74) is 2.98. The Balaban J connectivity index is 1.41. The van der Waals surface area contributed by atoms with E-state index in [1.807, 2.05) is 38.1 Å². The second-order valence-corrected chi connectivity index (χ2v) is 7.85. The highest BCUT2D eigenvalue weighted by molar-refractivity contribution is 6.07. The van der Waals surface area contributed by atoms with E-state index in [0.717, 1.165) is 16.8 Å². The topological polar surface area (TPSA) is 83.1 Å². The zero-order chi connectivity index (χ0) is 24.6. The molecule has 0 unspecified atom stereocenters. The smallest absolute Gasteiger partial charge is 0.262 e. The van der Waals surface area contributed by atoms with E-state index < -0.39 is 0 Å². The molecule has 7 nitrogen and oxygen atoms in total. The molecule has 0 radical (unpaired) electrons. The Bertz CT molecular complexity index is 1250. The van der Waals surface area contributed by atoms with Crippen molar-refractivity contribution in [2.45, 2.75) is 13.8 Å². The van der Waals surface area contributed by atoms with E-state index in [-0.39, 0.29) is 18.3 Å². The number of amides is 1. The van der Waals surface area contributed by atoms with Gasteiger partial charge in [-0.2, -0.15) is 0 Å². The predicted molar refractivity (Wildman–Crippen MR) is 134 cm³/mol. The lowest BCUT2D eigenvalue weighted by molar-refractivity contribution is -0.118. The number of fused-ring (bicyclic) bond motifs is 1. The Kier molecular flexibility index (Phi) is 7.67. The molecule has 0 atom stereocenters. The van der Waals surface area contributed by atoms with Gasteiger partial charge in [-0.05, 0) is 67.4 Å². The average molecular weight is 474 g/mol. The van der Waals surface area contributed by atoms with E-state index in [4.69, 9.17) is 18.9 Å². The van der Waals surface area contributed by atoms with E-state index in [9.17, 15) is 9.59 Å². The fourth-order valence-corrected chi connectivity index (χ4v) is 3.52. The Morgan fingerprint density at radius 3 is 2.54 bits per heavy atom. The van der Waals surface area contributed by atoms with Crippen LogP contribution in [0.4, 0.5) is 5.69 Å². The molecule has 0 saturated carbocycles. The summed E-state index contributed by atoms with van der Waals surface area (Å²) >= 11 is 0. The minimum atomic E-state index is -0.268. The first-order chi connectivity index (χ1) is 17.0. The molecule has 1 aliphatic heterocycles. The molecule has 1 aliphatic rings. The quantitative estimate of drug-likeness (QED) is 0.345. The van der Waals surface area contributed by atoms with Crippen molar-refractivity contribution >= 4 is 23.5 Å². The van der Waals surface area contributed by atoms with Gasteiger partial charge in [-0.3, -0.25) is 9.59 Å². The predicted octanol–water partition coefficient (Wildman–Crippen LogP) is 5.08. The molecular formula is C28H27NO6. The summed E-state index contributed by atoms with van der Waals surface area (Å²) in [6.45, 7) is 5.01. The van der Waals surface area contributed by atoms with Crippen molar-refractivity contribution < 1.29 is 28.5 Å². The second-order valence-electron chi connectivity index (χ2n) is 7.85. The summed E-state index contributed by atoms with van der Waals surface area (Å²) in [4.78, 5) is 25.0.